The van der Waals surface area contributed by atoms with Crippen molar-refractivity contribution in [2.75, 3.05) is 26.2 Å². The standard InChI is InChI=1S/C28H26N4O4/c33-25(21-10-6-13-29-19-21)30-14-7-15-31(17-16-30)28(36)24(18-20-8-2-1-3-9-20)32-26(34)22-11-4-5-12-23(22)27(32)35/h1-6,8-13,19,24H,7,14-18H2. The second-order valence-electron chi connectivity index (χ2n) is 8.94. The van der Waals surface area contributed by atoms with Crippen LogP contribution in [0.15, 0.2) is 79.1 Å². The molecule has 1 fully saturated rings. The van der Waals surface area contributed by atoms with E-state index in [2.05, 4.69) is 4.98 Å². The number of hydrogen-bond donors (Lipinski definition) is 0. The number of hydrogen-bond acceptors (Lipinski definition) is 5. The van der Waals surface area contributed by atoms with Crippen LogP contribution in [0.3, 0.4) is 0 Å². The van der Waals surface area contributed by atoms with Gasteiger partial charge in [0.1, 0.15) is 6.04 Å². The molecule has 8 heteroatoms. The summed E-state index contributed by atoms with van der Waals surface area (Å²) in [5.41, 5.74) is 2.00. The fraction of sp³-hybridized carbons (Fsp3) is 0.250. The molecule has 5 rings (SSSR count). The summed E-state index contributed by atoms with van der Waals surface area (Å²) in [6, 6.07) is 18.5. The average Bonchev–Trinajstić information content (AvgIpc) is 3.07. The lowest BCUT2D eigenvalue weighted by Crippen LogP contribution is -2.52. The second-order valence-corrected chi connectivity index (χ2v) is 8.94. The van der Waals surface area contributed by atoms with Gasteiger partial charge in [-0.05, 0) is 36.2 Å². The van der Waals surface area contributed by atoms with Gasteiger partial charge in [0.25, 0.3) is 17.7 Å². The fourth-order valence-electron chi connectivity index (χ4n) is 4.84. The molecular formula is C28H26N4O4. The van der Waals surface area contributed by atoms with Gasteiger partial charge in [0.15, 0.2) is 0 Å². The van der Waals surface area contributed by atoms with Gasteiger partial charge in [-0.3, -0.25) is 29.1 Å². The second kappa shape index (κ2) is 10.1. The molecule has 0 bridgehead atoms. The smallest absolute Gasteiger partial charge is 0.262 e. The van der Waals surface area contributed by atoms with Crippen molar-refractivity contribution >= 4 is 23.6 Å². The summed E-state index contributed by atoms with van der Waals surface area (Å²) < 4.78 is 0. The largest absolute Gasteiger partial charge is 0.339 e. The number of rotatable bonds is 5. The van der Waals surface area contributed by atoms with Crippen LogP contribution in [0.5, 0.6) is 0 Å². The maximum absolute atomic E-state index is 13.9. The third-order valence-corrected chi connectivity index (χ3v) is 6.70. The van der Waals surface area contributed by atoms with E-state index in [1.54, 1.807) is 52.4 Å². The molecule has 1 saturated heterocycles. The first-order valence-electron chi connectivity index (χ1n) is 12.0. The molecule has 0 aliphatic carbocycles. The molecule has 0 N–H and O–H groups in total. The van der Waals surface area contributed by atoms with Gasteiger partial charge in [0, 0.05) is 45.0 Å². The lowest BCUT2D eigenvalue weighted by atomic mass is 10.0. The minimum atomic E-state index is -0.972. The molecule has 0 radical (unpaired) electrons. The van der Waals surface area contributed by atoms with Gasteiger partial charge in [-0.1, -0.05) is 42.5 Å². The van der Waals surface area contributed by atoms with Crippen molar-refractivity contribution in [3.8, 4) is 0 Å². The summed E-state index contributed by atoms with van der Waals surface area (Å²) in [6.45, 7) is 1.62. The zero-order chi connectivity index (χ0) is 25.1. The molecular weight excluding hydrogens is 456 g/mol. The Bertz CT molecular complexity index is 1260. The van der Waals surface area contributed by atoms with Gasteiger partial charge < -0.3 is 9.80 Å². The number of nitrogens with zero attached hydrogens (tertiary/aromatic N) is 4. The number of pyridine rings is 1. The predicted molar refractivity (Wildman–Crippen MR) is 132 cm³/mol. The molecule has 1 atom stereocenters. The first kappa shape index (κ1) is 23.4. The van der Waals surface area contributed by atoms with E-state index in [1.807, 2.05) is 30.3 Å². The molecule has 2 aromatic carbocycles. The van der Waals surface area contributed by atoms with Crippen molar-refractivity contribution < 1.29 is 19.2 Å². The number of fused-ring (bicyclic) bond motifs is 1. The number of aromatic nitrogens is 1. The number of amides is 4. The Kier molecular flexibility index (Phi) is 6.58. The summed E-state index contributed by atoms with van der Waals surface area (Å²) in [5.74, 6) is -1.32. The molecule has 3 heterocycles. The lowest BCUT2D eigenvalue weighted by molar-refractivity contribution is -0.135. The highest BCUT2D eigenvalue weighted by molar-refractivity contribution is 6.22. The third-order valence-electron chi connectivity index (χ3n) is 6.70. The fourth-order valence-corrected chi connectivity index (χ4v) is 4.84. The van der Waals surface area contributed by atoms with Crippen LogP contribution in [-0.4, -0.2) is 75.5 Å². The molecule has 0 saturated carbocycles. The van der Waals surface area contributed by atoms with Gasteiger partial charge in [-0.25, -0.2) is 0 Å². The maximum Gasteiger partial charge on any atom is 0.262 e. The molecule has 1 aromatic heterocycles. The number of carbonyl (C=O) groups excluding carboxylic acids is 4. The molecule has 2 aliphatic heterocycles. The molecule has 8 nitrogen and oxygen atoms in total. The molecule has 2 aliphatic rings. The van der Waals surface area contributed by atoms with E-state index >= 15 is 0 Å². The van der Waals surface area contributed by atoms with E-state index in [0.29, 0.717) is 49.3 Å². The van der Waals surface area contributed by atoms with Gasteiger partial charge in [-0.2, -0.15) is 0 Å². The molecule has 1 unspecified atom stereocenters. The Morgan fingerprint density at radius 2 is 1.42 bits per heavy atom. The highest BCUT2D eigenvalue weighted by Crippen LogP contribution is 2.27. The van der Waals surface area contributed by atoms with Gasteiger partial charge in [-0.15, -0.1) is 0 Å². The molecule has 36 heavy (non-hydrogen) atoms. The Labute approximate surface area is 209 Å². The summed E-state index contributed by atoms with van der Waals surface area (Å²) in [5, 5.41) is 0. The van der Waals surface area contributed by atoms with Crippen LogP contribution in [0.4, 0.5) is 0 Å². The Morgan fingerprint density at radius 1 is 0.778 bits per heavy atom. The van der Waals surface area contributed by atoms with Crippen LogP contribution < -0.4 is 0 Å². The third kappa shape index (κ3) is 4.49. The summed E-state index contributed by atoms with van der Waals surface area (Å²) in [7, 11) is 0. The van der Waals surface area contributed by atoms with Gasteiger partial charge in [0.05, 0.1) is 16.7 Å². The molecule has 4 amide bonds. The summed E-state index contributed by atoms with van der Waals surface area (Å²) in [6.07, 6.45) is 3.97. The Balaban J connectivity index is 1.38. The SMILES string of the molecule is O=C(c1cccnc1)N1CCCN(C(=O)C(Cc2ccccc2)N2C(=O)c3ccccc3C2=O)CC1. The van der Waals surface area contributed by atoms with Crippen molar-refractivity contribution in [1.82, 2.24) is 19.7 Å². The van der Waals surface area contributed by atoms with Crippen LogP contribution in [0.1, 0.15) is 43.1 Å². The minimum Gasteiger partial charge on any atom is -0.339 e. The number of carbonyl (C=O) groups is 4. The van der Waals surface area contributed by atoms with E-state index in [1.165, 1.54) is 6.20 Å². The number of imide groups is 1. The van der Waals surface area contributed by atoms with Crippen molar-refractivity contribution in [3.05, 3.63) is 101 Å². The normalized spacial score (nSPS) is 16.5. The van der Waals surface area contributed by atoms with Crippen LogP contribution >= 0.6 is 0 Å². The first-order chi connectivity index (χ1) is 17.5. The Morgan fingerprint density at radius 3 is 2.08 bits per heavy atom. The van der Waals surface area contributed by atoms with Gasteiger partial charge >= 0.3 is 0 Å². The van der Waals surface area contributed by atoms with Crippen LogP contribution in [0, 0.1) is 0 Å². The quantitative estimate of drug-likeness (QED) is 0.522. The van der Waals surface area contributed by atoms with E-state index in [9.17, 15) is 19.2 Å². The zero-order valence-electron chi connectivity index (χ0n) is 19.7. The topological polar surface area (TPSA) is 90.9 Å². The highest BCUT2D eigenvalue weighted by Gasteiger charge is 2.44. The molecule has 182 valence electrons. The molecule has 0 spiro atoms. The lowest BCUT2D eigenvalue weighted by Gasteiger charge is -2.31. The minimum absolute atomic E-state index is 0.126. The van der Waals surface area contributed by atoms with Crippen LogP contribution in [0.25, 0.3) is 0 Å². The average molecular weight is 483 g/mol. The van der Waals surface area contributed by atoms with Crippen molar-refractivity contribution in [2.45, 2.75) is 18.9 Å². The van der Waals surface area contributed by atoms with E-state index in [4.69, 9.17) is 0 Å². The van der Waals surface area contributed by atoms with E-state index < -0.39 is 17.9 Å². The zero-order valence-corrected chi connectivity index (χ0v) is 19.7. The van der Waals surface area contributed by atoms with Crippen molar-refractivity contribution in [1.29, 1.82) is 0 Å². The molecule has 3 aromatic rings. The predicted octanol–water partition coefficient (Wildman–Crippen LogP) is 2.66. The summed E-state index contributed by atoms with van der Waals surface area (Å²) in [4.78, 5) is 61.9. The van der Waals surface area contributed by atoms with Crippen LogP contribution in [0.2, 0.25) is 0 Å². The van der Waals surface area contributed by atoms with Crippen LogP contribution in [-0.2, 0) is 11.2 Å². The van der Waals surface area contributed by atoms with Crippen molar-refractivity contribution in [3.63, 3.8) is 0 Å². The number of benzene rings is 2. The van der Waals surface area contributed by atoms with Crippen molar-refractivity contribution in [2.24, 2.45) is 0 Å². The highest BCUT2D eigenvalue weighted by atomic mass is 16.2. The van der Waals surface area contributed by atoms with Gasteiger partial charge in [0.2, 0.25) is 5.91 Å². The van der Waals surface area contributed by atoms with E-state index in [-0.39, 0.29) is 18.2 Å². The Hall–Kier alpha value is -4.33. The maximum atomic E-state index is 13.9. The van der Waals surface area contributed by atoms with E-state index in [0.717, 1.165) is 10.5 Å². The summed E-state index contributed by atoms with van der Waals surface area (Å²) >= 11 is 0. The first-order valence-corrected chi connectivity index (χ1v) is 12.0. The monoisotopic (exact) mass is 482 g/mol.